The molecule has 0 saturated carbocycles. The van der Waals surface area contributed by atoms with E-state index in [1.54, 1.807) is 0 Å². The van der Waals surface area contributed by atoms with Crippen molar-refractivity contribution in [3.63, 3.8) is 0 Å². The highest BCUT2D eigenvalue weighted by molar-refractivity contribution is 7.59. The molecule has 0 aliphatic heterocycles. The fraction of sp³-hybridized carbons (Fsp3) is 0.400. The van der Waals surface area contributed by atoms with Crippen LogP contribution in [0.4, 0.5) is 0 Å². The number of nitrogens with two attached hydrogens (primary N) is 1. The Morgan fingerprint density at radius 3 is 2.60 bits per heavy atom. The minimum Gasteiger partial charge on any atom is -0.369 e. The van der Waals surface area contributed by atoms with E-state index in [2.05, 4.69) is 6.58 Å². The van der Waals surface area contributed by atoms with Gasteiger partial charge in [0.15, 0.2) is 0 Å². The monoisotopic (exact) mass is 163 g/mol. The highest BCUT2D eigenvalue weighted by atomic mass is 31.2. The van der Waals surface area contributed by atoms with E-state index in [4.69, 9.17) is 10.6 Å². The van der Waals surface area contributed by atoms with E-state index in [0.717, 1.165) is 0 Å². The maximum atomic E-state index is 10.8. The molecule has 0 rings (SSSR count). The minimum atomic E-state index is -3.34. The van der Waals surface area contributed by atoms with Crippen molar-refractivity contribution in [2.45, 2.75) is 0 Å². The number of hydrogen-bond acceptors (Lipinski definition) is 2. The lowest BCUT2D eigenvalue weighted by molar-refractivity contribution is -0.115. The van der Waals surface area contributed by atoms with E-state index in [0.29, 0.717) is 0 Å². The summed E-state index contributed by atoms with van der Waals surface area (Å²) in [4.78, 5) is 19.0. The van der Waals surface area contributed by atoms with Gasteiger partial charge in [0.1, 0.15) is 6.16 Å². The van der Waals surface area contributed by atoms with E-state index in [1.165, 1.54) is 6.08 Å². The fourth-order valence-electron chi connectivity index (χ4n) is 0.510. The molecular weight excluding hydrogens is 153 g/mol. The van der Waals surface area contributed by atoms with Gasteiger partial charge in [-0.3, -0.25) is 9.36 Å². The first kappa shape index (κ1) is 9.40. The first-order valence-electron chi connectivity index (χ1n) is 2.68. The van der Waals surface area contributed by atoms with Crippen molar-refractivity contribution in [2.24, 2.45) is 5.73 Å². The normalized spacial score (nSPS) is 15.7. The summed E-state index contributed by atoms with van der Waals surface area (Å²) in [5.74, 6) is -0.757. The molecule has 0 bridgehead atoms. The molecule has 1 amide bonds. The molecule has 0 aliphatic carbocycles. The summed E-state index contributed by atoms with van der Waals surface area (Å²) in [6, 6.07) is 0. The lowest BCUT2D eigenvalue weighted by Crippen LogP contribution is -2.16. The molecule has 0 aromatic carbocycles. The van der Waals surface area contributed by atoms with Gasteiger partial charge in [-0.25, -0.2) is 0 Å². The van der Waals surface area contributed by atoms with E-state index in [9.17, 15) is 9.36 Å². The summed E-state index contributed by atoms with van der Waals surface area (Å²) in [5.41, 5.74) is 4.70. The van der Waals surface area contributed by atoms with Gasteiger partial charge in [-0.15, -0.1) is 6.58 Å². The zero-order valence-corrected chi connectivity index (χ0v) is 6.38. The van der Waals surface area contributed by atoms with E-state index >= 15 is 0 Å². The molecule has 5 heteroatoms. The molecule has 0 fully saturated rings. The van der Waals surface area contributed by atoms with Gasteiger partial charge in [0.25, 0.3) is 0 Å². The van der Waals surface area contributed by atoms with Crippen LogP contribution in [0.3, 0.4) is 0 Å². The number of carbonyl (C=O) groups excluding carboxylic acids is 1. The molecule has 58 valence electrons. The van der Waals surface area contributed by atoms with Gasteiger partial charge in [-0.05, 0) is 0 Å². The first-order chi connectivity index (χ1) is 4.48. The van der Waals surface area contributed by atoms with Gasteiger partial charge in [0.05, 0.1) is 0 Å². The van der Waals surface area contributed by atoms with Crippen LogP contribution < -0.4 is 5.73 Å². The zero-order valence-electron chi connectivity index (χ0n) is 5.49. The standard InChI is InChI=1S/C5H10NO3P/c1-2-3-10(8,9)4-5(6)7/h2H,1,3-4H2,(H2,6,7)(H,8,9). The number of allylic oxidation sites excluding steroid dienone is 1. The van der Waals surface area contributed by atoms with Crippen molar-refractivity contribution < 1.29 is 14.3 Å². The number of hydrogen-bond donors (Lipinski definition) is 2. The second-order valence-electron chi connectivity index (χ2n) is 1.94. The van der Waals surface area contributed by atoms with Gasteiger partial charge in [0.2, 0.25) is 13.3 Å². The fourth-order valence-corrected chi connectivity index (χ4v) is 1.53. The molecule has 0 aromatic heterocycles. The van der Waals surface area contributed by atoms with Crippen molar-refractivity contribution >= 4 is 13.3 Å². The van der Waals surface area contributed by atoms with Crippen LogP contribution in [0.15, 0.2) is 12.7 Å². The van der Waals surface area contributed by atoms with Crippen LogP contribution >= 0.6 is 7.37 Å². The van der Waals surface area contributed by atoms with Crippen LogP contribution in [0.2, 0.25) is 0 Å². The molecule has 0 spiro atoms. The molecule has 0 aromatic rings. The van der Waals surface area contributed by atoms with E-state index < -0.39 is 19.4 Å². The number of carbonyl (C=O) groups is 1. The third-order valence-electron chi connectivity index (χ3n) is 0.817. The summed E-state index contributed by atoms with van der Waals surface area (Å²) in [6.45, 7) is 3.27. The summed E-state index contributed by atoms with van der Waals surface area (Å²) in [5, 5.41) is 0. The molecule has 10 heavy (non-hydrogen) atoms. The lowest BCUT2D eigenvalue weighted by atomic mass is 10.8. The molecule has 0 aliphatic rings. The van der Waals surface area contributed by atoms with Crippen LogP contribution in [0.1, 0.15) is 0 Å². The van der Waals surface area contributed by atoms with Gasteiger partial charge in [-0.2, -0.15) is 0 Å². The third kappa shape index (κ3) is 4.30. The third-order valence-corrected chi connectivity index (χ3v) is 2.45. The molecule has 3 N–H and O–H groups in total. The van der Waals surface area contributed by atoms with Crippen molar-refractivity contribution in [3.05, 3.63) is 12.7 Å². The molecule has 4 nitrogen and oxygen atoms in total. The average molecular weight is 163 g/mol. The Bertz CT molecular complexity index is 189. The zero-order chi connectivity index (χ0) is 8.20. The summed E-state index contributed by atoms with van der Waals surface area (Å²) in [7, 11) is -3.34. The average Bonchev–Trinajstić information content (AvgIpc) is 1.59. The maximum Gasteiger partial charge on any atom is 0.227 e. The van der Waals surface area contributed by atoms with Crippen molar-refractivity contribution in [2.75, 3.05) is 12.3 Å². The van der Waals surface area contributed by atoms with Crippen molar-refractivity contribution in [1.29, 1.82) is 0 Å². The Hall–Kier alpha value is -0.600. The summed E-state index contributed by atoms with van der Waals surface area (Å²) in [6.07, 6.45) is 0.776. The predicted molar refractivity (Wildman–Crippen MR) is 39.0 cm³/mol. The largest absolute Gasteiger partial charge is 0.369 e. The molecule has 0 radical (unpaired) electrons. The summed E-state index contributed by atoms with van der Waals surface area (Å²) >= 11 is 0. The number of primary amides is 1. The lowest BCUT2D eigenvalue weighted by Gasteiger charge is -2.04. The number of rotatable bonds is 4. The molecule has 1 atom stereocenters. The Morgan fingerprint density at radius 2 is 2.30 bits per heavy atom. The van der Waals surface area contributed by atoms with Crippen molar-refractivity contribution in [1.82, 2.24) is 0 Å². The van der Waals surface area contributed by atoms with Crippen LogP contribution in [0.5, 0.6) is 0 Å². The SMILES string of the molecule is C=CCP(=O)(O)CC(N)=O. The van der Waals surface area contributed by atoms with Gasteiger partial charge in [-0.1, -0.05) is 6.08 Å². The Balaban J connectivity index is 3.99. The quantitative estimate of drug-likeness (QED) is 0.449. The highest BCUT2D eigenvalue weighted by Crippen LogP contribution is 2.39. The van der Waals surface area contributed by atoms with Crippen LogP contribution in [-0.2, 0) is 9.36 Å². The second-order valence-corrected chi connectivity index (χ2v) is 4.32. The van der Waals surface area contributed by atoms with Gasteiger partial charge < -0.3 is 10.6 Å². The van der Waals surface area contributed by atoms with Crippen LogP contribution in [-0.4, -0.2) is 23.1 Å². The smallest absolute Gasteiger partial charge is 0.227 e. The summed E-state index contributed by atoms with van der Waals surface area (Å²) < 4.78 is 10.8. The molecule has 1 unspecified atom stereocenters. The maximum absolute atomic E-state index is 10.8. The van der Waals surface area contributed by atoms with Gasteiger partial charge in [0, 0.05) is 6.16 Å². The second kappa shape index (κ2) is 3.54. The van der Waals surface area contributed by atoms with Crippen molar-refractivity contribution in [3.8, 4) is 0 Å². The van der Waals surface area contributed by atoms with Gasteiger partial charge >= 0.3 is 0 Å². The predicted octanol–water partition coefficient (Wildman–Crippen LogP) is -0.0719. The van der Waals surface area contributed by atoms with E-state index in [-0.39, 0.29) is 6.16 Å². The van der Waals surface area contributed by atoms with Crippen LogP contribution in [0.25, 0.3) is 0 Å². The Labute approximate surface area is 59.2 Å². The Morgan fingerprint density at radius 1 is 1.80 bits per heavy atom. The first-order valence-corrected chi connectivity index (χ1v) is 4.71. The molecule has 0 saturated heterocycles. The molecule has 0 heterocycles. The highest BCUT2D eigenvalue weighted by Gasteiger charge is 2.18. The topological polar surface area (TPSA) is 80.4 Å². The minimum absolute atomic E-state index is 0.0596. The van der Waals surface area contributed by atoms with E-state index in [1.807, 2.05) is 0 Å². The molecular formula is C5H10NO3P. The Kier molecular flexibility index (Phi) is 3.33. The van der Waals surface area contributed by atoms with Crippen LogP contribution in [0, 0.1) is 0 Å². The number of amides is 1.